The number of rotatable bonds is 8. The Balaban J connectivity index is 2.19. The predicted molar refractivity (Wildman–Crippen MR) is 93.2 cm³/mol. The van der Waals surface area contributed by atoms with Crippen LogP contribution in [0.3, 0.4) is 0 Å². The fourth-order valence-electron chi connectivity index (χ4n) is 2.40. The molecule has 0 saturated heterocycles. The van der Waals surface area contributed by atoms with Crippen molar-refractivity contribution in [2.45, 2.75) is 12.3 Å². The minimum atomic E-state index is -3.49. The van der Waals surface area contributed by atoms with Crippen LogP contribution in [0.15, 0.2) is 48.5 Å². The smallest absolute Gasteiger partial charge is 0.264 e. The Morgan fingerprint density at radius 3 is 1.83 bits per heavy atom. The van der Waals surface area contributed by atoms with E-state index in [1.54, 1.807) is 14.2 Å². The summed E-state index contributed by atoms with van der Waals surface area (Å²) in [5.41, 5.74) is 2.07. The molecule has 2 rings (SSSR count). The van der Waals surface area contributed by atoms with E-state index in [2.05, 4.69) is 0 Å². The van der Waals surface area contributed by atoms with E-state index in [0.29, 0.717) is 6.42 Å². The standard InChI is InChI=1S/C18H22O5S/c1-21-17-8-4-14(5-9-17)12-16(13-23-24(3,19)20)15-6-10-18(22-2)11-7-15/h4-11,16H,12-13H2,1-3H3/t16-/m0/s1. The third kappa shape index (κ3) is 5.54. The highest BCUT2D eigenvalue weighted by atomic mass is 32.2. The van der Waals surface area contributed by atoms with Crippen LogP contribution in [0.1, 0.15) is 17.0 Å². The van der Waals surface area contributed by atoms with Crippen molar-refractivity contribution in [3.63, 3.8) is 0 Å². The molecule has 0 spiro atoms. The molecule has 0 bridgehead atoms. The maximum atomic E-state index is 11.3. The van der Waals surface area contributed by atoms with Gasteiger partial charge in [-0.3, -0.25) is 4.18 Å². The zero-order chi connectivity index (χ0) is 17.6. The van der Waals surface area contributed by atoms with E-state index in [4.69, 9.17) is 13.7 Å². The normalized spacial score (nSPS) is 12.6. The topological polar surface area (TPSA) is 61.8 Å². The molecule has 0 saturated carbocycles. The van der Waals surface area contributed by atoms with Gasteiger partial charge in [-0.15, -0.1) is 0 Å². The molecule has 0 aliphatic heterocycles. The molecule has 2 aromatic rings. The maximum Gasteiger partial charge on any atom is 0.264 e. The second kappa shape index (κ2) is 8.17. The fourth-order valence-corrected chi connectivity index (χ4v) is 2.81. The van der Waals surface area contributed by atoms with Crippen LogP contribution in [0.5, 0.6) is 11.5 Å². The van der Waals surface area contributed by atoms with Crippen LogP contribution < -0.4 is 9.47 Å². The SMILES string of the molecule is COc1ccc(C[C@@H](COS(C)(=O)=O)c2ccc(OC)cc2)cc1. The molecule has 0 aromatic heterocycles. The Morgan fingerprint density at radius 2 is 1.38 bits per heavy atom. The van der Waals surface area contributed by atoms with Gasteiger partial charge in [-0.05, 0) is 41.8 Å². The largest absolute Gasteiger partial charge is 0.497 e. The van der Waals surface area contributed by atoms with Gasteiger partial charge in [0.15, 0.2) is 0 Å². The van der Waals surface area contributed by atoms with Crippen LogP contribution in [0.2, 0.25) is 0 Å². The highest BCUT2D eigenvalue weighted by Crippen LogP contribution is 2.25. The predicted octanol–water partition coefficient (Wildman–Crippen LogP) is 3.01. The first-order valence-electron chi connectivity index (χ1n) is 7.52. The number of methoxy groups -OCH3 is 2. The summed E-state index contributed by atoms with van der Waals surface area (Å²) < 4.78 is 38.0. The lowest BCUT2D eigenvalue weighted by Crippen LogP contribution is -2.14. The van der Waals surface area contributed by atoms with Gasteiger partial charge < -0.3 is 9.47 Å². The molecule has 6 heteroatoms. The zero-order valence-electron chi connectivity index (χ0n) is 14.1. The number of ether oxygens (including phenoxy) is 2. The zero-order valence-corrected chi connectivity index (χ0v) is 14.9. The monoisotopic (exact) mass is 350 g/mol. The van der Waals surface area contributed by atoms with Crippen LogP contribution in [0, 0.1) is 0 Å². The molecule has 1 atom stereocenters. The first-order valence-corrected chi connectivity index (χ1v) is 9.34. The lowest BCUT2D eigenvalue weighted by molar-refractivity contribution is 0.293. The van der Waals surface area contributed by atoms with Crippen LogP contribution in [0.25, 0.3) is 0 Å². The molecule has 0 heterocycles. The minimum Gasteiger partial charge on any atom is -0.497 e. The maximum absolute atomic E-state index is 11.3. The van der Waals surface area contributed by atoms with Crippen molar-refractivity contribution in [1.29, 1.82) is 0 Å². The quantitative estimate of drug-likeness (QED) is 0.685. The van der Waals surface area contributed by atoms with Crippen molar-refractivity contribution in [2.24, 2.45) is 0 Å². The van der Waals surface area contributed by atoms with Crippen molar-refractivity contribution in [3.05, 3.63) is 59.7 Å². The van der Waals surface area contributed by atoms with Crippen molar-refractivity contribution in [2.75, 3.05) is 27.1 Å². The molecular formula is C18H22O5S. The van der Waals surface area contributed by atoms with E-state index >= 15 is 0 Å². The van der Waals surface area contributed by atoms with E-state index in [1.807, 2.05) is 48.5 Å². The number of benzene rings is 2. The van der Waals surface area contributed by atoms with E-state index in [1.165, 1.54) is 0 Å². The number of hydrogen-bond donors (Lipinski definition) is 0. The molecule has 0 fully saturated rings. The van der Waals surface area contributed by atoms with Crippen molar-refractivity contribution >= 4 is 10.1 Å². The van der Waals surface area contributed by atoms with Gasteiger partial charge in [0.25, 0.3) is 10.1 Å². The Bertz CT molecular complexity index is 736. The molecule has 0 unspecified atom stereocenters. The molecule has 130 valence electrons. The molecule has 0 aliphatic carbocycles. The lowest BCUT2D eigenvalue weighted by Gasteiger charge is -2.17. The summed E-state index contributed by atoms with van der Waals surface area (Å²) in [5.74, 6) is 1.46. The molecule has 0 amide bonds. The Labute approximate surface area is 143 Å². The van der Waals surface area contributed by atoms with E-state index in [-0.39, 0.29) is 12.5 Å². The molecule has 0 N–H and O–H groups in total. The van der Waals surface area contributed by atoms with Crippen molar-refractivity contribution in [1.82, 2.24) is 0 Å². The van der Waals surface area contributed by atoms with Crippen LogP contribution in [0.4, 0.5) is 0 Å². The van der Waals surface area contributed by atoms with E-state index < -0.39 is 10.1 Å². The first-order chi connectivity index (χ1) is 11.4. The highest BCUT2D eigenvalue weighted by Gasteiger charge is 2.16. The average molecular weight is 350 g/mol. The Morgan fingerprint density at radius 1 is 0.875 bits per heavy atom. The van der Waals surface area contributed by atoms with Gasteiger partial charge in [0, 0.05) is 5.92 Å². The van der Waals surface area contributed by atoms with Gasteiger partial charge in [0.05, 0.1) is 27.1 Å². The summed E-state index contributed by atoms with van der Waals surface area (Å²) in [6.45, 7) is 0.0944. The van der Waals surface area contributed by atoms with Gasteiger partial charge in [-0.1, -0.05) is 24.3 Å². The second-order valence-electron chi connectivity index (χ2n) is 5.51. The van der Waals surface area contributed by atoms with Gasteiger partial charge in [-0.2, -0.15) is 8.42 Å². The summed E-state index contributed by atoms with van der Waals surface area (Å²) in [7, 11) is -0.260. The molecule has 2 aromatic carbocycles. The lowest BCUT2D eigenvalue weighted by atomic mass is 9.92. The van der Waals surface area contributed by atoms with E-state index in [0.717, 1.165) is 28.9 Å². The van der Waals surface area contributed by atoms with Crippen LogP contribution >= 0.6 is 0 Å². The Kier molecular flexibility index (Phi) is 6.23. The number of hydrogen-bond acceptors (Lipinski definition) is 5. The third-order valence-electron chi connectivity index (χ3n) is 3.71. The minimum absolute atomic E-state index is 0.0842. The third-order valence-corrected chi connectivity index (χ3v) is 4.28. The molecular weight excluding hydrogens is 328 g/mol. The van der Waals surface area contributed by atoms with Gasteiger partial charge in [-0.25, -0.2) is 0 Å². The van der Waals surface area contributed by atoms with Gasteiger partial charge in [0.1, 0.15) is 11.5 Å². The van der Waals surface area contributed by atoms with Crippen LogP contribution in [-0.4, -0.2) is 35.5 Å². The first kappa shape index (κ1) is 18.3. The summed E-state index contributed by atoms with van der Waals surface area (Å²) in [4.78, 5) is 0. The summed E-state index contributed by atoms with van der Waals surface area (Å²) in [6, 6.07) is 15.3. The average Bonchev–Trinajstić information content (AvgIpc) is 2.58. The van der Waals surface area contributed by atoms with Gasteiger partial charge >= 0.3 is 0 Å². The fraction of sp³-hybridized carbons (Fsp3) is 0.333. The molecule has 5 nitrogen and oxygen atoms in total. The van der Waals surface area contributed by atoms with Crippen molar-refractivity contribution in [3.8, 4) is 11.5 Å². The summed E-state index contributed by atoms with van der Waals surface area (Å²) in [6.07, 6.45) is 1.72. The van der Waals surface area contributed by atoms with Crippen molar-refractivity contribution < 1.29 is 22.1 Å². The molecule has 24 heavy (non-hydrogen) atoms. The molecule has 0 radical (unpaired) electrons. The van der Waals surface area contributed by atoms with E-state index in [9.17, 15) is 8.42 Å². The Hall–Kier alpha value is -2.05. The summed E-state index contributed by atoms with van der Waals surface area (Å²) >= 11 is 0. The summed E-state index contributed by atoms with van der Waals surface area (Å²) in [5, 5.41) is 0. The van der Waals surface area contributed by atoms with Gasteiger partial charge in [0.2, 0.25) is 0 Å². The molecule has 0 aliphatic rings. The van der Waals surface area contributed by atoms with Crippen LogP contribution in [-0.2, 0) is 20.7 Å². The second-order valence-corrected chi connectivity index (χ2v) is 7.15. The highest BCUT2D eigenvalue weighted by molar-refractivity contribution is 7.85.